The Kier molecular flexibility index (Phi) is 8.63. The Balaban J connectivity index is 0.000000479. The molecule has 0 aliphatic carbocycles. The Bertz CT molecular complexity index is 1090. The molecule has 0 bridgehead atoms. The number of carbonyl (C=O) groups excluding carboxylic acids is 1. The molecule has 0 aromatic carbocycles. The predicted molar refractivity (Wildman–Crippen MR) is 118 cm³/mol. The molecule has 0 aliphatic rings. The highest BCUT2D eigenvalue weighted by atomic mass is 19.4. The molecule has 0 unspecified atom stereocenters. The average molecular weight is 467 g/mol. The van der Waals surface area contributed by atoms with Gasteiger partial charge in [-0.25, -0.2) is 9.78 Å². The van der Waals surface area contributed by atoms with Gasteiger partial charge in [-0.3, -0.25) is 9.20 Å². The summed E-state index contributed by atoms with van der Waals surface area (Å²) in [6.45, 7) is 6.68. The van der Waals surface area contributed by atoms with E-state index in [0.717, 1.165) is 30.0 Å². The topological polar surface area (TPSA) is 91.9 Å². The van der Waals surface area contributed by atoms with Gasteiger partial charge >= 0.3 is 12.1 Å². The van der Waals surface area contributed by atoms with E-state index < -0.39 is 12.1 Å². The van der Waals surface area contributed by atoms with E-state index in [1.807, 2.05) is 34.9 Å². The molecule has 33 heavy (non-hydrogen) atoms. The summed E-state index contributed by atoms with van der Waals surface area (Å²) in [6, 6.07) is 7.87. The van der Waals surface area contributed by atoms with Gasteiger partial charge in [-0.15, -0.1) is 0 Å². The summed E-state index contributed by atoms with van der Waals surface area (Å²) in [5.74, 6) is -1.69. The number of hydrogen-bond donors (Lipinski definition) is 2. The van der Waals surface area contributed by atoms with E-state index in [-0.39, 0.29) is 5.91 Å². The number of nitrogens with zero attached hydrogens (tertiary/aromatic N) is 4. The van der Waals surface area contributed by atoms with Crippen molar-refractivity contribution in [2.24, 2.45) is 5.92 Å². The van der Waals surface area contributed by atoms with Gasteiger partial charge in [-0.1, -0.05) is 19.9 Å². The second-order valence-corrected chi connectivity index (χ2v) is 8.09. The third kappa shape index (κ3) is 7.35. The number of pyridine rings is 1. The van der Waals surface area contributed by atoms with Gasteiger partial charge in [0, 0.05) is 43.8 Å². The Hall–Kier alpha value is -3.34. The molecule has 0 atom stereocenters. The van der Waals surface area contributed by atoms with Crippen LogP contribution in [0.5, 0.6) is 0 Å². The maximum Gasteiger partial charge on any atom is 0.490 e. The van der Waals surface area contributed by atoms with Crippen molar-refractivity contribution >= 4 is 17.4 Å². The summed E-state index contributed by atoms with van der Waals surface area (Å²) in [5.41, 5.74) is 2.31. The Morgan fingerprint density at radius 3 is 2.42 bits per heavy atom. The highest BCUT2D eigenvalue weighted by Gasteiger charge is 2.38. The molecule has 180 valence electrons. The van der Waals surface area contributed by atoms with Gasteiger partial charge in [-0.2, -0.15) is 13.2 Å². The van der Waals surface area contributed by atoms with Crippen LogP contribution in [-0.4, -0.2) is 69.2 Å². The van der Waals surface area contributed by atoms with Crippen LogP contribution in [0.2, 0.25) is 0 Å². The molecule has 3 aromatic rings. The second-order valence-electron chi connectivity index (χ2n) is 8.09. The van der Waals surface area contributed by atoms with Gasteiger partial charge in [0.05, 0.1) is 5.52 Å². The first-order chi connectivity index (χ1) is 15.4. The number of carbonyl (C=O) groups is 2. The fraction of sp³-hybridized carbons (Fsp3) is 0.409. The van der Waals surface area contributed by atoms with Crippen LogP contribution in [0.25, 0.3) is 16.9 Å². The number of fused-ring (bicyclic) bond motifs is 1. The van der Waals surface area contributed by atoms with Crippen molar-refractivity contribution in [3.8, 4) is 11.4 Å². The molecule has 3 rings (SSSR count). The maximum absolute atomic E-state index is 12.6. The van der Waals surface area contributed by atoms with Crippen LogP contribution >= 0.6 is 0 Å². The van der Waals surface area contributed by atoms with E-state index in [0.29, 0.717) is 18.2 Å². The zero-order chi connectivity index (χ0) is 24.8. The first-order valence-corrected chi connectivity index (χ1v) is 10.3. The summed E-state index contributed by atoms with van der Waals surface area (Å²) < 4.78 is 35.9. The fourth-order valence-electron chi connectivity index (χ4n) is 2.82. The van der Waals surface area contributed by atoms with Crippen LogP contribution in [0.15, 0.2) is 42.9 Å². The van der Waals surface area contributed by atoms with Crippen molar-refractivity contribution in [1.29, 1.82) is 0 Å². The molecule has 0 spiro atoms. The van der Waals surface area contributed by atoms with Gasteiger partial charge in [0.15, 0.2) is 5.69 Å². The van der Waals surface area contributed by atoms with Gasteiger partial charge in [-0.05, 0) is 38.2 Å². The first kappa shape index (κ1) is 25.9. The standard InChI is InChI=1S/C20H27N5O.C2HF3O2/c1-15(2)13-21-20(26)18-17-7-5-6-9-25(17)19(22-18)16-8-10-24(14-16)12-11-23(3)4;3-2(4,5)1(6)7/h5-10,14-15H,11-13H2,1-4H3,(H,21,26);(H,6,7). The number of carboxylic acid groups (broad SMARTS) is 1. The van der Waals surface area contributed by atoms with Gasteiger partial charge < -0.3 is 19.9 Å². The fourth-order valence-corrected chi connectivity index (χ4v) is 2.82. The Morgan fingerprint density at radius 2 is 1.85 bits per heavy atom. The normalized spacial score (nSPS) is 11.5. The summed E-state index contributed by atoms with van der Waals surface area (Å²) in [6.07, 6.45) is 1.01. The number of hydrogen-bond acceptors (Lipinski definition) is 4. The van der Waals surface area contributed by atoms with E-state index >= 15 is 0 Å². The van der Waals surface area contributed by atoms with Crippen LogP contribution in [0.1, 0.15) is 24.3 Å². The lowest BCUT2D eigenvalue weighted by molar-refractivity contribution is -0.192. The molecule has 0 saturated carbocycles. The number of imidazole rings is 1. The molecule has 0 aliphatic heterocycles. The van der Waals surface area contributed by atoms with Crippen LogP contribution in [0, 0.1) is 5.92 Å². The number of alkyl halides is 3. The number of nitrogens with one attached hydrogen (secondary N) is 1. The van der Waals surface area contributed by atoms with Crippen molar-refractivity contribution in [3.63, 3.8) is 0 Å². The molecule has 0 fully saturated rings. The Morgan fingerprint density at radius 1 is 1.18 bits per heavy atom. The molecule has 0 radical (unpaired) electrons. The minimum atomic E-state index is -5.08. The minimum absolute atomic E-state index is 0.124. The van der Waals surface area contributed by atoms with Crippen molar-refractivity contribution in [3.05, 3.63) is 48.5 Å². The summed E-state index contributed by atoms with van der Waals surface area (Å²) in [7, 11) is 4.13. The summed E-state index contributed by atoms with van der Waals surface area (Å²) >= 11 is 0. The van der Waals surface area contributed by atoms with Crippen molar-refractivity contribution in [2.45, 2.75) is 26.6 Å². The molecule has 1 amide bonds. The number of aliphatic carboxylic acids is 1. The number of amides is 1. The van der Waals surface area contributed by atoms with E-state index in [2.05, 4.69) is 60.1 Å². The lowest BCUT2D eigenvalue weighted by Gasteiger charge is -2.09. The summed E-state index contributed by atoms with van der Waals surface area (Å²) in [4.78, 5) is 28.3. The number of aromatic nitrogens is 3. The van der Waals surface area contributed by atoms with Gasteiger partial charge in [0.1, 0.15) is 5.82 Å². The van der Waals surface area contributed by atoms with E-state index in [1.54, 1.807) is 0 Å². The number of likely N-dealkylation sites (N-methyl/N-ethyl adjacent to an activating group) is 1. The first-order valence-electron chi connectivity index (χ1n) is 10.3. The monoisotopic (exact) mass is 467 g/mol. The smallest absolute Gasteiger partial charge is 0.475 e. The third-order valence-corrected chi connectivity index (χ3v) is 4.49. The highest BCUT2D eigenvalue weighted by molar-refractivity contribution is 6.00. The Labute approximate surface area is 189 Å². The second kappa shape index (κ2) is 11.0. The predicted octanol–water partition coefficient (Wildman–Crippen LogP) is 3.38. The molecular weight excluding hydrogens is 439 g/mol. The van der Waals surface area contributed by atoms with Crippen molar-refractivity contribution in [2.75, 3.05) is 27.2 Å². The average Bonchev–Trinajstić information content (AvgIpc) is 3.35. The number of halogens is 3. The molecule has 3 heterocycles. The van der Waals surface area contributed by atoms with Crippen LogP contribution in [0.4, 0.5) is 13.2 Å². The number of carboxylic acids is 1. The van der Waals surface area contributed by atoms with Crippen LogP contribution in [-0.2, 0) is 11.3 Å². The molecule has 2 N–H and O–H groups in total. The van der Waals surface area contributed by atoms with E-state index in [9.17, 15) is 18.0 Å². The molecule has 0 saturated heterocycles. The molecule has 11 heteroatoms. The lowest BCUT2D eigenvalue weighted by atomic mass is 10.2. The maximum atomic E-state index is 12.6. The summed E-state index contributed by atoms with van der Waals surface area (Å²) in [5, 5.41) is 10.1. The zero-order valence-electron chi connectivity index (χ0n) is 18.9. The lowest BCUT2D eigenvalue weighted by Crippen LogP contribution is -2.27. The van der Waals surface area contributed by atoms with Crippen LogP contribution in [0.3, 0.4) is 0 Å². The van der Waals surface area contributed by atoms with Gasteiger partial charge in [0.25, 0.3) is 5.91 Å². The molecule has 3 aromatic heterocycles. The number of rotatable bonds is 7. The van der Waals surface area contributed by atoms with E-state index in [4.69, 9.17) is 9.90 Å². The molecular formula is C22H28F3N5O3. The van der Waals surface area contributed by atoms with Crippen molar-refractivity contribution < 1.29 is 27.9 Å². The quantitative estimate of drug-likeness (QED) is 0.556. The highest BCUT2D eigenvalue weighted by Crippen LogP contribution is 2.23. The zero-order valence-corrected chi connectivity index (χ0v) is 18.9. The van der Waals surface area contributed by atoms with Crippen molar-refractivity contribution in [1.82, 2.24) is 24.2 Å². The SMILES string of the molecule is CC(C)CNC(=O)c1nc(-c2ccn(CCN(C)C)c2)n2ccccc12.O=C(O)C(F)(F)F. The molecule has 8 nitrogen and oxygen atoms in total. The minimum Gasteiger partial charge on any atom is -0.475 e. The van der Waals surface area contributed by atoms with E-state index in [1.165, 1.54) is 0 Å². The largest absolute Gasteiger partial charge is 0.490 e. The third-order valence-electron chi connectivity index (χ3n) is 4.49. The van der Waals surface area contributed by atoms with Gasteiger partial charge in [0.2, 0.25) is 0 Å². The van der Waals surface area contributed by atoms with Crippen LogP contribution < -0.4 is 5.32 Å².